The Morgan fingerprint density at radius 2 is 1.22 bits per heavy atom. The lowest BCUT2D eigenvalue weighted by atomic mass is 9.98. The van der Waals surface area contributed by atoms with Gasteiger partial charge in [0, 0.05) is 5.92 Å². The molecule has 0 saturated carbocycles. The van der Waals surface area contributed by atoms with Crippen LogP contribution in [0.25, 0.3) is 11.1 Å². The largest absolute Gasteiger partial charge is 0.451 e. The topological polar surface area (TPSA) is 64.6 Å². The fourth-order valence-corrected chi connectivity index (χ4v) is 5.48. The van der Waals surface area contributed by atoms with Crippen molar-refractivity contribution in [3.63, 3.8) is 0 Å². The van der Waals surface area contributed by atoms with Crippen LogP contribution in [0, 0.1) is 19.8 Å². The maximum Gasteiger partial charge on any atom is 0.407 e. The minimum atomic E-state index is -0.843. The molecule has 1 aliphatic rings. The highest BCUT2D eigenvalue weighted by Gasteiger charge is 2.31. The lowest BCUT2D eigenvalue weighted by molar-refractivity contribution is -0.150. The van der Waals surface area contributed by atoms with Gasteiger partial charge in [0.25, 0.3) is 0 Å². The summed E-state index contributed by atoms with van der Waals surface area (Å²) in [5, 5.41) is 2.81. The molecule has 0 fully saturated rings. The molecule has 0 unspecified atom stereocenters. The van der Waals surface area contributed by atoms with Crippen molar-refractivity contribution in [2.45, 2.75) is 52.2 Å². The number of esters is 1. The van der Waals surface area contributed by atoms with Crippen LogP contribution in [0.3, 0.4) is 0 Å². The summed E-state index contributed by atoms with van der Waals surface area (Å²) in [6.07, 6.45) is -0.795. The Labute approximate surface area is 242 Å². The number of hydrogen-bond donors (Lipinski definition) is 1. The third-order valence-corrected chi connectivity index (χ3v) is 7.62. The molecule has 0 heterocycles. The van der Waals surface area contributed by atoms with E-state index in [2.05, 4.69) is 29.6 Å². The van der Waals surface area contributed by atoms with Crippen molar-refractivity contribution >= 4 is 12.1 Å². The van der Waals surface area contributed by atoms with Crippen LogP contribution in [0.5, 0.6) is 0 Å². The summed E-state index contributed by atoms with van der Waals surface area (Å²) in [4.78, 5) is 26.7. The van der Waals surface area contributed by atoms with Crippen LogP contribution in [0.2, 0.25) is 0 Å². The maximum atomic E-state index is 13.6. The van der Waals surface area contributed by atoms with Crippen LogP contribution in [0.1, 0.15) is 65.7 Å². The molecule has 0 saturated heterocycles. The molecule has 1 aliphatic carbocycles. The number of nitrogens with one attached hydrogen (secondary N) is 1. The van der Waals surface area contributed by atoms with Gasteiger partial charge in [-0.1, -0.05) is 122 Å². The molecule has 5 rings (SSSR count). The first-order valence-corrected chi connectivity index (χ1v) is 14.2. The van der Waals surface area contributed by atoms with Crippen LogP contribution in [-0.4, -0.2) is 24.7 Å². The molecule has 0 radical (unpaired) electrons. The van der Waals surface area contributed by atoms with Gasteiger partial charge in [0.05, 0.1) is 0 Å². The Bertz CT molecular complexity index is 1420. The number of benzene rings is 4. The highest BCUT2D eigenvalue weighted by Crippen LogP contribution is 2.44. The summed E-state index contributed by atoms with van der Waals surface area (Å²) >= 11 is 0. The quantitative estimate of drug-likeness (QED) is 0.216. The molecule has 0 aromatic heterocycles. The standard InChI is InChI=1S/C36H37NO4/c1-23(2)21-33(35(38)41-34(26-17-13-24(3)14-18-26)27-19-15-25(4)16-20-27)37-36(39)40-22-32-30-11-7-5-9-28(30)29-10-6-8-12-31(29)32/h5-20,23,32-34H,21-22H2,1-4H3,(H,37,39)/t33-/m0/s1. The average Bonchev–Trinajstić information content (AvgIpc) is 3.29. The Hall–Kier alpha value is -4.38. The fraction of sp³-hybridized carbons (Fsp3) is 0.278. The van der Waals surface area contributed by atoms with Crippen LogP contribution in [0.4, 0.5) is 4.79 Å². The van der Waals surface area contributed by atoms with Crippen molar-refractivity contribution in [3.05, 3.63) is 130 Å². The van der Waals surface area contributed by atoms with Gasteiger partial charge in [0.15, 0.2) is 6.10 Å². The Morgan fingerprint density at radius 1 is 0.732 bits per heavy atom. The van der Waals surface area contributed by atoms with Gasteiger partial charge in [-0.2, -0.15) is 0 Å². The second-order valence-electron chi connectivity index (χ2n) is 11.3. The average molecular weight is 548 g/mol. The molecule has 5 heteroatoms. The first kappa shape index (κ1) is 28.2. The number of fused-ring (bicyclic) bond motifs is 3. The predicted molar refractivity (Wildman–Crippen MR) is 162 cm³/mol. The summed E-state index contributed by atoms with van der Waals surface area (Å²) < 4.78 is 11.9. The number of rotatable bonds is 9. The van der Waals surface area contributed by atoms with Gasteiger partial charge in [-0.05, 0) is 59.6 Å². The minimum Gasteiger partial charge on any atom is -0.451 e. The highest BCUT2D eigenvalue weighted by molar-refractivity contribution is 5.82. The molecular formula is C36H37NO4. The summed E-state index contributed by atoms with van der Waals surface area (Å²) in [6, 6.07) is 31.5. The summed E-state index contributed by atoms with van der Waals surface area (Å²) in [6.45, 7) is 8.24. The van der Waals surface area contributed by atoms with E-state index in [1.807, 2.05) is 100 Å². The normalized spacial score (nSPS) is 13.0. The van der Waals surface area contributed by atoms with Crippen LogP contribution >= 0.6 is 0 Å². The van der Waals surface area contributed by atoms with Crippen LogP contribution < -0.4 is 5.32 Å². The number of aryl methyl sites for hydroxylation is 2. The van der Waals surface area contributed by atoms with Crippen molar-refractivity contribution in [2.24, 2.45) is 5.92 Å². The van der Waals surface area contributed by atoms with E-state index in [0.29, 0.717) is 6.42 Å². The first-order valence-electron chi connectivity index (χ1n) is 14.2. The van der Waals surface area contributed by atoms with Gasteiger partial charge in [0.2, 0.25) is 0 Å². The fourth-order valence-electron chi connectivity index (χ4n) is 5.48. The van der Waals surface area contributed by atoms with Crippen molar-refractivity contribution in [2.75, 3.05) is 6.61 Å². The molecule has 5 nitrogen and oxygen atoms in total. The van der Waals surface area contributed by atoms with Gasteiger partial charge in [-0.15, -0.1) is 0 Å². The summed E-state index contributed by atoms with van der Waals surface area (Å²) in [7, 11) is 0. The van der Waals surface area contributed by atoms with Crippen LogP contribution in [0.15, 0.2) is 97.1 Å². The predicted octanol–water partition coefficient (Wildman–Crippen LogP) is 7.89. The molecule has 4 aromatic carbocycles. The number of carbonyl (C=O) groups excluding carboxylic acids is 2. The molecule has 1 N–H and O–H groups in total. The van der Waals surface area contributed by atoms with E-state index in [1.54, 1.807) is 0 Å². The number of amides is 1. The Balaban J connectivity index is 1.30. The van der Waals surface area contributed by atoms with Gasteiger partial charge < -0.3 is 14.8 Å². The SMILES string of the molecule is Cc1ccc(C(OC(=O)[C@H](CC(C)C)NC(=O)OCC2c3ccccc3-c3ccccc32)c2ccc(C)cc2)cc1. The van der Waals surface area contributed by atoms with E-state index < -0.39 is 24.2 Å². The molecule has 0 aliphatic heterocycles. The smallest absolute Gasteiger partial charge is 0.407 e. The van der Waals surface area contributed by atoms with Crippen molar-refractivity contribution in [3.8, 4) is 11.1 Å². The molecule has 1 amide bonds. The molecule has 0 bridgehead atoms. The molecule has 210 valence electrons. The van der Waals surface area contributed by atoms with Gasteiger partial charge >= 0.3 is 12.1 Å². The van der Waals surface area contributed by atoms with E-state index in [9.17, 15) is 9.59 Å². The van der Waals surface area contributed by atoms with E-state index in [4.69, 9.17) is 9.47 Å². The molecule has 1 atom stereocenters. The first-order chi connectivity index (χ1) is 19.8. The third kappa shape index (κ3) is 6.51. The van der Waals surface area contributed by atoms with E-state index >= 15 is 0 Å². The number of ether oxygens (including phenoxy) is 2. The number of carbonyl (C=O) groups is 2. The second-order valence-corrected chi connectivity index (χ2v) is 11.3. The number of hydrogen-bond acceptors (Lipinski definition) is 4. The molecular weight excluding hydrogens is 510 g/mol. The third-order valence-electron chi connectivity index (χ3n) is 7.62. The van der Waals surface area contributed by atoms with Gasteiger partial charge in [-0.25, -0.2) is 9.59 Å². The van der Waals surface area contributed by atoms with E-state index in [-0.39, 0.29) is 18.4 Å². The summed E-state index contributed by atoms with van der Waals surface area (Å²) in [5.74, 6) is -0.395. The van der Waals surface area contributed by atoms with Crippen molar-refractivity contribution < 1.29 is 19.1 Å². The van der Waals surface area contributed by atoms with E-state index in [1.165, 1.54) is 0 Å². The zero-order valence-electron chi connectivity index (χ0n) is 24.1. The lowest BCUT2D eigenvalue weighted by Crippen LogP contribution is -2.43. The highest BCUT2D eigenvalue weighted by atomic mass is 16.6. The maximum absolute atomic E-state index is 13.6. The molecule has 0 spiro atoms. The lowest BCUT2D eigenvalue weighted by Gasteiger charge is -2.24. The second kappa shape index (κ2) is 12.4. The Kier molecular flexibility index (Phi) is 8.53. The van der Waals surface area contributed by atoms with E-state index in [0.717, 1.165) is 44.5 Å². The number of alkyl carbamates (subject to hydrolysis) is 1. The molecule has 4 aromatic rings. The van der Waals surface area contributed by atoms with Crippen molar-refractivity contribution in [1.82, 2.24) is 5.32 Å². The summed E-state index contributed by atoms with van der Waals surface area (Å²) in [5.41, 5.74) is 8.59. The Morgan fingerprint density at radius 3 is 1.71 bits per heavy atom. The minimum absolute atomic E-state index is 0.0592. The zero-order valence-corrected chi connectivity index (χ0v) is 24.1. The monoisotopic (exact) mass is 547 g/mol. The van der Waals surface area contributed by atoms with Crippen LogP contribution in [-0.2, 0) is 14.3 Å². The van der Waals surface area contributed by atoms with Gasteiger partial charge in [0.1, 0.15) is 12.6 Å². The zero-order chi connectivity index (χ0) is 28.9. The van der Waals surface area contributed by atoms with Crippen molar-refractivity contribution in [1.29, 1.82) is 0 Å². The molecule has 41 heavy (non-hydrogen) atoms. The van der Waals surface area contributed by atoms with Gasteiger partial charge in [-0.3, -0.25) is 0 Å².